The second-order valence-corrected chi connectivity index (χ2v) is 9.81. The summed E-state index contributed by atoms with van der Waals surface area (Å²) < 4.78 is 18.0. The molecule has 0 aliphatic carbocycles. The number of phosphoric acid groups is 1. The van der Waals surface area contributed by atoms with E-state index in [2.05, 4.69) is 110 Å². The molecule has 10 heteroatoms. The third-order valence-electron chi connectivity index (χ3n) is 4.91. The maximum absolute atomic E-state index is 8.55. The predicted octanol–water partition coefficient (Wildman–Crippen LogP) is -1.97. The van der Waals surface area contributed by atoms with Gasteiger partial charge >= 0.3 is 59.1 Å². The van der Waals surface area contributed by atoms with Crippen LogP contribution >= 0.6 is 30.4 Å². The zero-order chi connectivity index (χ0) is 24.6. The van der Waals surface area contributed by atoms with E-state index in [1.54, 1.807) is 0 Å². The zero-order valence-corrected chi connectivity index (χ0v) is 28.3. The minimum absolute atomic E-state index is 0. The second-order valence-electron chi connectivity index (χ2n) is 7.83. The van der Waals surface area contributed by atoms with Crippen molar-refractivity contribution in [1.82, 2.24) is 0 Å². The molecule has 1 heterocycles. The smallest absolute Gasteiger partial charge is 0.822 e. The Labute approximate surface area is 266 Å². The molecule has 0 aliphatic heterocycles. The molecule has 0 fully saturated rings. The quantitative estimate of drug-likeness (QED) is 0.131. The van der Waals surface area contributed by atoms with Crippen molar-refractivity contribution < 1.29 is 87.7 Å². The van der Waals surface area contributed by atoms with Crippen LogP contribution in [0.3, 0.4) is 0 Å². The van der Waals surface area contributed by atoms with Gasteiger partial charge in [-0.05, 0) is 70.7 Å². The summed E-state index contributed by atoms with van der Waals surface area (Å²) in [6.45, 7) is 10.5. The van der Waals surface area contributed by atoms with Gasteiger partial charge in [0.15, 0.2) is 12.4 Å². The van der Waals surface area contributed by atoms with Gasteiger partial charge in [0.05, 0.1) is 17.7 Å². The summed E-state index contributed by atoms with van der Waals surface area (Å²) in [5.41, 5.74) is 6.37. The molecule has 0 amide bonds. The molecular formula is C25H29INNa2O5P. The molecule has 0 unspecified atom stereocenters. The van der Waals surface area contributed by atoms with Gasteiger partial charge in [-0.3, -0.25) is 0 Å². The molecule has 0 radical (unpaired) electrons. The minimum atomic E-state index is -5.39. The molecule has 0 saturated carbocycles. The molecule has 0 saturated heterocycles. The molecule has 3 aromatic rings. The molecule has 0 atom stereocenters. The number of pyridine rings is 1. The maximum atomic E-state index is 8.55. The molecule has 3 rings (SSSR count). The average Bonchev–Trinajstić information content (AvgIpc) is 2.77. The molecule has 35 heavy (non-hydrogen) atoms. The van der Waals surface area contributed by atoms with Crippen molar-refractivity contribution in [3.05, 3.63) is 70.1 Å². The van der Waals surface area contributed by atoms with Gasteiger partial charge in [0.25, 0.3) is 0 Å². The van der Waals surface area contributed by atoms with E-state index in [4.69, 9.17) is 24.0 Å². The van der Waals surface area contributed by atoms with E-state index < -0.39 is 7.82 Å². The zero-order valence-electron chi connectivity index (χ0n) is 21.3. The third kappa shape index (κ3) is 12.1. The van der Waals surface area contributed by atoms with Crippen molar-refractivity contribution in [3.8, 4) is 28.0 Å². The third-order valence-corrected chi connectivity index (χ3v) is 6.07. The van der Waals surface area contributed by atoms with Crippen molar-refractivity contribution in [2.24, 2.45) is 0 Å². The number of aryl methyl sites for hydroxylation is 1. The molecule has 6 nitrogen and oxygen atoms in total. The topological polar surface area (TPSA) is 99.4 Å². The maximum Gasteiger partial charge on any atom is 1.00 e. The number of halogens is 1. The summed E-state index contributed by atoms with van der Waals surface area (Å²) in [7, 11) is -5.39. The Morgan fingerprint density at radius 2 is 1.46 bits per heavy atom. The van der Waals surface area contributed by atoms with Gasteiger partial charge in [-0.2, -0.15) is 7.82 Å². The molecule has 0 spiro atoms. The van der Waals surface area contributed by atoms with Crippen LogP contribution in [0.4, 0.5) is 0 Å². The van der Waals surface area contributed by atoms with E-state index in [1.165, 1.54) is 31.4 Å². The first kappa shape index (κ1) is 35.2. The number of benzene rings is 2. The second kappa shape index (κ2) is 16.9. The number of ether oxygens (including phenoxy) is 1. The number of aromatic nitrogens is 1. The van der Waals surface area contributed by atoms with Crippen molar-refractivity contribution in [1.29, 1.82) is 0 Å². The van der Waals surface area contributed by atoms with Crippen LogP contribution in [0.1, 0.15) is 45.6 Å². The number of rotatable bonds is 7. The van der Waals surface area contributed by atoms with Crippen LogP contribution in [0.25, 0.3) is 22.3 Å². The van der Waals surface area contributed by atoms with Gasteiger partial charge in [-0.25, -0.2) is 4.57 Å². The van der Waals surface area contributed by atoms with Crippen molar-refractivity contribution in [2.45, 2.75) is 46.6 Å². The van der Waals surface area contributed by atoms with E-state index in [9.17, 15) is 0 Å². The van der Waals surface area contributed by atoms with Crippen LogP contribution in [-0.4, -0.2) is 6.61 Å². The van der Waals surface area contributed by atoms with Crippen molar-refractivity contribution in [2.75, 3.05) is 6.61 Å². The fourth-order valence-corrected chi connectivity index (χ4v) is 4.15. The van der Waals surface area contributed by atoms with Gasteiger partial charge in [0, 0.05) is 3.57 Å². The largest absolute Gasteiger partial charge is 1.00 e. The van der Waals surface area contributed by atoms with Gasteiger partial charge < -0.3 is 24.0 Å². The van der Waals surface area contributed by atoms with E-state index in [0.717, 1.165) is 25.3 Å². The molecule has 2 aromatic carbocycles. The van der Waals surface area contributed by atoms with Crippen LogP contribution in [-0.2, 0) is 11.1 Å². The summed E-state index contributed by atoms with van der Waals surface area (Å²) in [5.74, 6) is 1.46. The van der Waals surface area contributed by atoms with Crippen LogP contribution in [0.5, 0.6) is 5.75 Å². The average molecular weight is 627 g/mol. The van der Waals surface area contributed by atoms with Gasteiger partial charge in [-0.1, -0.05) is 57.2 Å². The molecule has 1 aromatic heterocycles. The minimum Gasteiger partial charge on any atom is -0.822 e. The Morgan fingerprint density at radius 1 is 0.943 bits per heavy atom. The van der Waals surface area contributed by atoms with E-state index >= 15 is 0 Å². The predicted molar refractivity (Wildman–Crippen MR) is 133 cm³/mol. The van der Waals surface area contributed by atoms with Crippen molar-refractivity contribution in [3.63, 3.8) is 0 Å². The number of hydrogen-bond acceptors (Lipinski definition) is 5. The first-order valence-corrected chi connectivity index (χ1v) is 13.4. The Kier molecular flexibility index (Phi) is 17.1. The number of hydrogen-bond donors (Lipinski definition) is 0. The number of nitrogens with zero attached hydrogens (tertiary/aromatic N) is 1. The molecule has 0 aliphatic rings. The van der Waals surface area contributed by atoms with Crippen LogP contribution in [0, 0.1) is 3.57 Å². The Balaban J connectivity index is 0.00000150. The van der Waals surface area contributed by atoms with Crippen LogP contribution < -0.4 is 83.1 Å². The molecular weight excluding hydrogens is 598 g/mol. The van der Waals surface area contributed by atoms with Gasteiger partial charge in [0.2, 0.25) is 0 Å². The fourth-order valence-electron chi connectivity index (χ4n) is 3.25. The SMILES string of the molecule is CCCOc1cccc(-c2c[n+](CC)cc(-c3cccc(C(C)C)c3)c2I)c1.O=P([O-])([O-])[O-].[Na+].[Na+]. The van der Waals surface area contributed by atoms with Gasteiger partial charge in [0.1, 0.15) is 12.3 Å². The first-order valence-electron chi connectivity index (χ1n) is 10.8. The summed E-state index contributed by atoms with van der Waals surface area (Å²) in [5, 5.41) is 0. The summed E-state index contributed by atoms with van der Waals surface area (Å²) in [4.78, 5) is 25.6. The monoisotopic (exact) mass is 627 g/mol. The van der Waals surface area contributed by atoms with Crippen molar-refractivity contribution >= 4 is 30.4 Å². The molecule has 178 valence electrons. The summed E-state index contributed by atoms with van der Waals surface area (Å²) in [6.07, 6.45) is 5.53. The molecule has 0 bridgehead atoms. The molecule has 0 N–H and O–H groups in total. The normalized spacial score (nSPS) is 10.5. The van der Waals surface area contributed by atoms with Gasteiger partial charge in [-0.15, -0.1) is 0 Å². The Morgan fingerprint density at radius 3 is 1.94 bits per heavy atom. The summed E-state index contributed by atoms with van der Waals surface area (Å²) in [6, 6.07) is 17.4. The fraction of sp³-hybridized carbons (Fsp3) is 0.320. The Bertz CT molecular complexity index is 1120. The standard InChI is InChI=1S/C25H29INO.2Na.H3O4P/c1-5-13-28-22-12-8-11-21(15-22)24-17-27(6-2)16-23(25(24)26)20-10-7-9-19(14-20)18(3)4;;;1-5(2,3)4/h7-12,14-18H,5-6,13H2,1-4H3;;;(H3,1,2,3,4)/q3*+1;/p-3. The van der Waals surface area contributed by atoms with Crippen LogP contribution in [0.2, 0.25) is 0 Å². The van der Waals surface area contributed by atoms with E-state index in [-0.39, 0.29) is 59.1 Å². The Hall–Kier alpha value is 0.230. The summed E-state index contributed by atoms with van der Waals surface area (Å²) >= 11 is 2.50. The van der Waals surface area contributed by atoms with E-state index in [0.29, 0.717) is 5.92 Å². The first-order chi connectivity index (χ1) is 15.5. The van der Waals surface area contributed by atoms with Crippen LogP contribution in [0.15, 0.2) is 60.9 Å². The van der Waals surface area contributed by atoms with E-state index in [1.807, 2.05) is 6.07 Å².